The lowest BCUT2D eigenvalue weighted by Crippen LogP contribution is -2.45. The lowest BCUT2D eigenvalue weighted by atomic mass is 9.95. The second-order valence-electron chi connectivity index (χ2n) is 8.20. The van der Waals surface area contributed by atoms with Crippen molar-refractivity contribution in [1.29, 1.82) is 0 Å². The van der Waals surface area contributed by atoms with Gasteiger partial charge in [0.1, 0.15) is 6.10 Å². The minimum atomic E-state index is -1.71. The molecule has 0 aromatic rings. The Balaban J connectivity index is 2.02. The average molecular weight is 298 g/mol. The molecule has 0 radical (unpaired) electrons. The molecule has 0 N–H and O–H groups in total. The highest BCUT2D eigenvalue weighted by Gasteiger charge is 2.44. The molecule has 0 unspecified atom stereocenters. The smallest absolute Gasteiger partial charge is 0.306 e. The van der Waals surface area contributed by atoms with Gasteiger partial charge in [0.15, 0.2) is 8.32 Å². The Morgan fingerprint density at radius 1 is 1.25 bits per heavy atom. The van der Waals surface area contributed by atoms with Crippen molar-refractivity contribution in [2.75, 3.05) is 0 Å². The van der Waals surface area contributed by atoms with Crippen molar-refractivity contribution in [1.82, 2.24) is 0 Å². The zero-order valence-corrected chi connectivity index (χ0v) is 14.9. The number of hydrogen-bond donors (Lipinski definition) is 0. The van der Waals surface area contributed by atoms with E-state index in [1.807, 2.05) is 0 Å². The second kappa shape index (κ2) is 5.45. The van der Waals surface area contributed by atoms with Crippen LogP contribution in [0.3, 0.4) is 0 Å². The fraction of sp³-hybridized carbons (Fsp3) is 0.938. The quantitative estimate of drug-likeness (QED) is 0.568. The van der Waals surface area contributed by atoms with Crippen LogP contribution in [0.15, 0.2) is 0 Å². The van der Waals surface area contributed by atoms with Gasteiger partial charge in [-0.05, 0) is 43.3 Å². The summed E-state index contributed by atoms with van der Waals surface area (Å²) in [5.41, 5.74) is 0. The summed E-state index contributed by atoms with van der Waals surface area (Å²) in [7, 11) is -1.71. The lowest BCUT2D eigenvalue weighted by molar-refractivity contribution is -0.142. The molecular formula is C16H30O3Si. The van der Waals surface area contributed by atoms with E-state index < -0.39 is 8.32 Å². The van der Waals surface area contributed by atoms with Crippen molar-refractivity contribution in [3.8, 4) is 0 Å². The van der Waals surface area contributed by atoms with Crippen LogP contribution in [0.5, 0.6) is 0 Å². The lowest BCUT2D eigenvalue weighted by Gasteiger charge is -2.40. The third kappa shape index (κ3) is 3.27. The Morgan fingerprint density at radius 2 is 1.90 bits per heavy atom. The van der Waals surface area contributed by atoms with Crippen LogP contribution in [0.25, 0.3) is 0 Å². The summed E-state index contributed by atoms with van der Waals surface area (Å²) < 4.78 is 12.1. The van der Waals surface area contributed by atoms with E-state index in [0.29, 0.717) is 24.4 Å². The summed E-state index contributed by atoms with van der Waals surface area (Å²) in [5, 5.41) is 0.251. The van der Waals surface area contributed by atoms with Gasteiger partial charge < -0.3 is 9.16 Å². The molecule has 4 atom stereocenters. The van der Waals surface area contributed by atoms with Gasteiger partial charge >= 0.3 is 5.97 Å². The topological polar surface area (TPSA) is 35.5 Å². The number of hydrogen-bond acceptors (Lipinski definition) is 3. The van der Waals surface area contributed by atoms with Crippen LogP contribution >= 0.6 is 0 Å². The largest absolute Gasteiger partial charge is 0.462 e. The fourth-order valence-electron chi connectivity index (χ4n) is 3.10. The third-order valence-electron chi connectivity index (χ3n) is 5.55. The molecule has 1 saturated carbocycles. The Hall–Kier alpha value is -0.353. The van der Waals surface area contributed by atoms with Crippen LogP contribution in [-0.4, -0.2) is 26.5 Å². The third-order valence-corrected chi connectivity index (χ3v) is 10.1. The van der Waals surface area contributed by atoms with Crippen LogP contribution in [-0.2, 0) is 14.0 Å². The molecule has 2 rings (SSSR count). The molecule has 0 spiro atoms. The van der Waals surface area contributed by atoms with Crippen LogP contribution < -0.4 is 0 Å². The number of carbonyl (C=O) groups is 1. The van der Waals surface area contributed by atoms with Crippen molar-refractivity contribution in [3.63, 3.8) is 0 Å². The molecule has 0 aromatic carbocycles. The van der Waals surface area contributed by atoms with Gasteiger partial charge in [0.2, 0.25) is 0 Å². The van der Waals surface area contributed by atoms with Crippen LogP contribution in [0.1, 0.15) is 53.4 Å². The predicted molar refractivity (Wildman–Crippen MR) is 83.1 cm³/mol. The Kier molecular flexibility index (Phi) is 4.37. The molecule has 20 heavy (non-hydrogen) atoms. The monoisotopic (exact) mass is 298 g/mol. The highest BCUT2D eigenvalue weighted by Crippen LogP contribution is 2.42. The normalized spacial score (nSPS) is 35.4. The molecule has 1 heterocycles. The molecule has 0 amide bonds. The summed E-state index contributed by atoms with van der Waals surface area (Å²) in [6.45, 7) is 13.8. The average Bonchev–Trinajstić information content (AvgIpc) is 2.56. The number of carbonyl (C=O) groups excluding carboxylic acids is 1. The van der Waals surface area contributed by atoms with Crippen LogP contribution in [0.2, 0.25) is 18.1 Å². The van der Waals surface area contributed by atoms with Crippen molar-refractivity contribution in [2.45, 2.75) is 83.7 Å². The maximum absolute atomic E-state index is 11.4. The molecule has 4 heteroatoms. The zero-order chi connectivity index (χ0) is 15.1. The first-order chi connectivity index (χ1) is 9.10. The van der Waals surface area contributed by atoms with E-state index in [4.69, 9.17) is 9.16 Å². The molecule has 0 bridgehead atoms. The number of fused-ring (bicyclic) bond motifs is 1. The highest BCUT2D eigenvalue weighted by molar-refractivity contribution is 6.74. The van der Waals surface area contributed by atoms with E-state index >= 15 is 0 Å². The highest BCUT2D eigenvalue weighted by atomic mass is 28.4. The summed E-state index contributed by atoms with van der Waals surface area (Å²) in [6, 6.07) is 0. The number of ether oxygens (including phenoxy) is 1. The van der Waals surface area contributed by atoms with E-state index in [2.05, 4.69) is 40.8 Å². The first kappa shape index (κ1) is 16.0. The first-order valence-corrected chi connectivity index (χ1v) is 10.9. The van der Waals surface area contributed by atoms with Gasteiger partial charge in [0.05, 0.1) is 6.42 Å². The van der Waals surface area contributed by atoms with E-state index in [1.54, 1.807) is 0 Å². The molecule has 0 aromatic heterocycles. The molecule has 116 valence electrons. The summed E-state index contributed by atoms with van der Waals surface area (Å²) >= 11 is 0. The summed E-state index contributed by atoms with van der Waals surface area (Å²) in [4.78, 5) is 11.4. The maximum Gasteiger partial charge on any atom is 0.306 e. The SMILES string of the molecule is C[C@H]1C[C@H]2OC(=O)C[C@H]2CC[C@@H]1O[Si](C)(C)C(C)(C)C. The minimum absolute atomic E-state index is 0.00374. The fourth-order valence-corrected chi connectivity index (χ4v) is 4.56. The summed E-state index contributed by atoms with van der Waals surface area (Å²) in [5.74, 6) is 0.902. The first-order valence-electron chi connectivity index (χ1n) is 7.97. The second-order valence-corrected chi connectivity index (χ2v) is 13.0. The molecule has 1 aliphatic carbocycles. The Morgan fingerprint density at radius 3 is 2.50 bits per heavy atom. The van der Waals surface area contributed by atoms with Gasteiger partial charge in [-0.1, -0.05) is 27.7 Å². The Labute approximate surface area is 124 Å². The minimum Gasteiger partial charge on any atom is -0.462 e. The maximum atomic E-state index is 11.4. The van der Waals surface area contributed by atoms with E-state index in [9.17, 15) is 4.79 Å². The van der Waals surface area contributed by atoms with Gasteiger partial charge in [0, 0.05) is 12.0 Å². The van der Waals surface area contributed by atoms with Gasteiger partial charge in [-0.15, -0.1) is 0 Å². The molecular weight excluding hydrogens is 268 g/mol. The van der Waals surface area contributed by atoms with Gasteiger partial charge in [-0.3, -0.25) is 4.79 Å². The Bertz CT molecular complexity index is 372. The van der Waals surface area contributed by atoms with Gasteiger partial charge in [-0.2, -0.15) is 0 Å². The zero-order valence-electron chi connectivity index (χ0n) is 13.9. The van der Waals surface area contributed by atoms with Crippen LogP contribution in [0, 0.1) is 11.8 Å². The standard InChI is InChI=1S/C16H30O3Si/c1-11-9-14-12(10-15(17)18-14)7-8-13(11)19-20(5,6)16(2,3)4/h11-14H,7-10H2,1-6H3/t11-,12+,13-,14+/m0/s1. The van der Waals surface area contributed by atoms with E-state index in [-0.39, 0.29) is 17.1 Å². The van der Waals surface area contributed by atoms with Gasteiger partial charge in [0.25, 0.3) is 0 Å². The van der Waals surface area contributed by atoms with Crippen molar-refractivity contribution in [2.24, 2.45) is 11.8 Å². The predicted octanol–water partition coefficient (Wildman–Crippen LogP) is 4.13. The van der Waals surface area contributed by atoms with E-state index in [1.165, 1.54) is 0 Å². The summed E-state index contributed by atoms with van der Waals surface area (Å²) in [6.07, 6.45) is 4.21. The molecule has 1 aliphatic heterocycles. The van der Waals surface area contributed by atoms with E-state index in [0.717, 1.165) is 19.3 Å². The van der Waals surface area contributed by atoms with Gasteiger partial charge in [-0.25, -0.2) is 0 Å². The number of rotatable bonds is 2. The van der Waals surface area contributed by atoms with Crippen molar-refractivity contribution in [3.05, 3.63) is 0 Å². The molecule has 1 saturated heterocycles. The molecule has 3 nitrogen and oxygen atoms in total. The van der Waals surface area contributed by atoms with Crippen LogP contribution in [0.4, 0.5) is 0 Å². The van der Waals surface area contributed by atoms with Crippen molar-refractivity contribution >= 4 is 14.3 Å². The number of esters is 1. The molecule has 2 fully saturated rings. The van der Waals surface area contributed by atoms with Crippen molar-refractivity contribution < 1.29 is 14.0 Å². The molecule has 2 aliphatic rings.